The van der Waals surface area contributed by atoms with Gasteiger partial charge in [-0.25, -0.2) is 4.39 Å². The molecule has 1 aromatic carbocycles. The number of halogens is 1. The minimum absolute atomic E-state index is 0.159. The molecule has 0 aromatic heterocycles. The standard InChI is InChI=1S/C13H18FN/c1-9-7-12(14)5-6-13(9)15-10(2)8-11-3-4-11/h5-7,10-11,15H,3-4,8H2,1-2H3. The summed E-state index contributed by atoms with van der Waals surface area (Å²) < 4.78 is 12.9. The molecule has 0 spiro atoms. The maximum Gasteiger partial charge on any atom is 0.123 e. The van der Waals surface area contributed by atoms with Crippen molar-refractivity contribution >= 4 is 5.69 Å². The zero-order valence-electron chi connectivity index (χ0n) is 9.39. The van der Waals surface area contributed by atoms with Crippen LogP contribution in [-0.2, 0) is 0 Å². The predicted octanol–water partition coefficient (Wildman–Crippen LogP) is 3.73. The number of rotatable bonds is 4. The van der Waals surface area contributed by atoms with Gasteiger partial charge in [0.15, 0.2) is 0 Å². The lowest BCUT2D eigenvalue weighted by Crippen LogP contribution is -2.16. The van der Waals surface area contributed by atoms with Gasteiger partial charge in [0.1, 0.15) is 5.82 Å². The number of hydrogen-bond donors (Lipinski definition) is 1. The molecule has 1 unspecified atom stereocenters. The second-order valence-electron chi connectivity index (χ2n) is 4.68. The van der Waals surface area contributed by atoms with Crippen molar-refractivity contribution in [2.75, 3.05) is 5.32 Å². The SMILES string of the molecule is Cc1cc(F)ccc1NC(C)CC1CC1. The van der Waals surface area contributed by atoms with Crippen LogP contribution in [0.15, 0.2) is 18.2 Å². The average Bonchev–Trinajstić information content (AvgIpc) is 2.94. The summed E-state index contributed by atoms with van der Waals surface area (Å²) in [6.45, 7) is 4.14. The van der Waals surface area contributed by atoms with Gasteiger partial charge in [0, 0.05) is 11.7 Å². The first kappa shape index (κ1) is 10.5. The molecule has 1 N–H and O–H groups in total. The third-order valence-electron chi connectivity index (χ3n) is 2.97. The van der Waals surface area contributed by atoms with Crippen molar-refractivity contribution in [3.05, 3.63) is 29.6 Å². The highest BCUT2D eigenvalue weighted by Crippen LogP contribution is 2.34. The summed E-state index contributed by atoms with van der Waals surface area (Å²) in [5.74, 6) is 0.765. The van der Waals surface area contributed by atoms with Crippen LogP contribution in [0.3, 0.4) is 0 Å². The fraction of sp³-hybridized carbons (Fsp3) is 0.538. The molecule has 1 aliphatic rings. The van der Waals surface area contributed by atoms with Gasteiger partial charge in [-0.05, 0) is 49.9 Å². The minimum Gasteiger partial charge on any atom is -0.382 e. The lowest BCUT2D eigenvalue weighted by atomic mass is 10.1. The van der Waals surface area contributed by atoms with Crippen molar-refractivity contribution in [2.24, 2.45) is 5.92 Å². The Kier molecular flexibility index (Phi) is 2.94. The van der Waals surface area contributed by atoms with E-state index < -0.39 is 0 Å². The van der Waals surface area contributed by atoms with Crippen LogP contribution in [0, 0.1) is 18.7 Å². The van der Waals surface area contributed by atoms with Crippen molar-refractivity contribution in [2.45, 2.75) is 39.2 Å². The first-order valence-electron chi connectivity index (χ1n) is 5.68. The van der Waals surface area contributed by atoms with Crippen LogP contribution in [0.5, 0.6) is 0 Å². The third-order valence-corrected chi connectivity index (χ3v) is 2.97. The van der Waals surface area contributed by atoms with Crippen molar-refractivity contribution < 1.29 is 4.39 Å². The van der Waals surface area contributed by atoms with E-state index in [4.69, 9.17) is 0 Å². The van der Waals surface area contributed by atoms with Crippen LogP contribution in [0.1, 0.15) is 31.7 Å². The van der Waals surface area contributed by atoms with E-state index in [1.54, 1.807) is 6.07 Å². The molecule has 0 heterocycles. The van der Waals surface area contributed by atoms with Gasteiger partial charge in [-0.3, -0.25) is 0 Å². The zero-order valence-corrected chi connectivity index (χ0v) is 9.39. The highest BCUT2D eigenvalue weighted by Gasteiger charge is 2.23. The Morgan fingerprint density at radius 3 is 2.80 bits per heavy atom. The normalized spacial score (nSPS) is 17.5. The summed E-state index contributed by atoms with van der Waals surface area (Å²) in [5.41, 5.74) is 2.04. The van der Waals surface area contributed by atoms with E-state index in [0.29, 0.717) is 6.04 Å². The lowest BCUT2D eigenvalue weighted by Gasteiger charge is -2.16. The summed E-state index contributed by atoms with van der Waals surface area (Å²) >= 11 is 0. The molecular formula is C13H18FN. The topological polar surface area (TPSA) is 12.0 Å². The number of nitrogens with one attached hydrogen (secondary N) is 1. The van der Waals surface area contributed by atoms with Crippen LogP contribution in [0.2, 0.25) is 0 Å². The van der Waals surface area contributed by atoms with Gasteiger partial charge >= 0.3 is 0 Å². The molecule has 1 aliphatic carbocycles. The Labute approximate surface area is 90.7 Å². The molecule has 82 valence electrons. The monoisotopic (exact) mass is 207 g/mol. The van der Waals surface area contributed by atoms with Crippen molar-refractivity contribution in [1.82, 2.24) is 0 Å². The zero-order chi connectivity index (χ0) is 10.8. The summed E-state index contributed by atoms with van der Waals surface area (Å²) in [4.78, 5) is 0. The molecule has 1 saturated carbocycles. The quantitative estimate of drug-likeness (QED) is 0.793. The fourth-order valence-electron chi connectivity index (χ4n) is 1.97. The van der Waals surface area contributed by atoms with Gasteiger partial charge in [0.2, 0.25) is 0 Å². The Bertz CT molecular complexity index is 344. The van der Waals surface area contributed by atoms with Crippen LogP contribution in [-0.4, -0.2) is 6.04 Å². The van der Waals surface area contributed by atoms with E-state index >= 15 is 0 Å². The van der Waals surface area contributed by atoms with Crippen LogP contribution < -0.4 is 5.32 Å². The highest BCUT2D eigenvalue weighted by atomic mass is 19.1. The molecule has 2 rings (SSSR count). The summed E-state index contributed by atoms with van der Waals surface area (Å²) in [6.07, 6.45) is 4.00. The predicted molar refractivity (Wildman–Crippen MR) is 61.6 cm³/mol. The first-order valence-corrected chi connectivity index (χ1v) is 5.68. The summed E-state index contributed by atoms with van der Waals surface area (Å²) in [7, 11) is 0. The first-order chi connectivity index (χ1) is 7.15. The molecule has 0 bridgehead atoms. The molecule has 1 fully saturated rings. The van der Waals surface area contributed by atoms with Gasteiger partial charge in [0.25, 0.3) is 0 Å². The maximum atomic E-state index is 12.9. The van der Waals surface area contributed by atoms with Gasteiger partial charge in [0.05, 0.1) is 0 Å². The van der Waals surface area contributed by atoms with Crippen LogP contribution in [0.4, 0.5) is 10.1 Å². The molecule has 0 aliphatic heterocycles. The smallest absolute Gasteiger partial charge is 0.123 e. The molecule has 0 amide bonds. The molecule has 0 radical (unpaired) electrons. The Hall–Kier alpha value is -1.05. The van der Waals surface area contributed by atoms with Gasteiger partial charge in [-0.2, -0.15) is 0 Å². The number of benzene rings is 1. The summed E-state index contributed by atoms with van der Waals surface area (Å²) in [6, 6.07) is 5.40. The van der Waals surface area contributed by atoms with Crippen LogP contribution in [0.25, 0.3) is 0 Å². The Morgan fingerprint density at radius 1 is 1.47 bits per heavy atom. The van der Waals surface area contributed by atoms with Gasteiger partial charge in [-0.1, -0.05) is 12.8 Å². The van der Waals surface area contributed by atoms with Crippen molar-refractivity contribution in [3.63, 3.8) is 0 Å². The number of anilines is 1. The van der Waals surface area contributed by atoms with Gasteiger partial charge < -0.3 is 5.32 Å². The van der Waals surface area contributed by atoms with E-state index in [-0.39, 0.29) is 5.82 Å². The highest BCUT2D eigenvalue weighted by molar-refractivity contribution is 5.51. The fourth-order valence-corrected chi connectivity index (χ4v) is 1.97. The molecule has 2 heteroatoms. The maximum absolute atomic E-state index is 12.9. The molecule has 0 saturated heterocycles. The molecular weight excluding hydrogens is 189 g/mol. The lowest BCUT2D eigenvalue weighted by molar-refractivity contribution is 0.624. The minimum atomic E-state index is -0.159. The van der Waals surface area contributed by atoms with Gasteiger partial charge in [-0.15, -0.1) is 0 Å². The number of hydrogen-bond acceptors (Lipinski definition) is 1. The van der Waals surface area contributed by atoms with E-state index in [1.807, 2.05) is 13.0 Å². The Morgan fingerprint density at radius 2 is 2.20 bits per heavy atom. The molecule has 1 aromatic rings. The van der Waals surface area contributed by atoms with Crippen molar-refractivity contribution in [3.8, 4) is 0 Å². The Balaban J connectivity index is 1.96. The number of aryl methyl sites for hydroxylation is 1. The molecule has 1 atom stereocenters. The average molecular weight is 207 g/mol. The second-order valence-corrected chi connectivity index (χ2v) is 4.68. The molecule has 1 nitrogen and oxygen atoms in total. The van der Waals surface area contributed by atoms with E-state index in [9.17, 15) is 4.39 Å². The third kappa shape index (κ3) is 2.95. The van der Waals surface area contributed by atoms with Crippen molar-refractivity contribution in [1.29, 1.82) is 0 Å². The van der Waals surface area contributed by atoms with Crippen LogP contribution >= 0.6 is 0 Å². The second kappa shape index (κ2) is 4.21. The molecule has 15 heavy (non-hydrogen) atoms. The van der Waals surface area contributed by atoms with E-state index in [2.05, 4.69) is 12.2 Å². The van der Waals surface area contributed by atoms with E-state index in [1.165, 1.54) is 25.3 Å². The largest absolute Gasteiger partial charge is 0.382 e. The summed E-state index contributed by atoms with van der Waals surface area (Å²) in [5, 5.41) is 3.44. The van der Waals surface area contributed by atoms with E-state index in [0.717, 1.165) is 17.2 Å².